The summed E-state index contributed by atoms with van der Waals surface area (Å²) in [5, 5.41) is 140. The van der Waals surface area contributed by atoms with Gasteiger partial charge in [-0.1, -0.05) is 36.4 Å². The first-order chi connectivity index (χ1) is 37.7. The van der Waals surface area contributed by atoms with Crippen molar-refractivity contribution in [2.24, 2.45) is 0 Å². The first-order valence-electron chi connectivity index (χ1n) is 24.3. The molecule has 4 aliphatic heterocycles. The zero-order chi connectivity index (χ0) is 57.3. The molecule has 0 spiro atoms. The lowest BCUT2D eigenvalue weighted by atomic mass is 9.95. The summed E-state index contributed by atoms with van der Waals surface area (Å²) in [6, 6.07) is 16.1. The monoisotopic (exact) mass is 1120 g/mol. The predicted octanol–water partition coefficient (Wildman–Crippen LogP) is -3.67. The summed E-state index contributed by atoms with van der Waals surface area (Å²) in [5.41, 5.74) is 0.407. The molecule has 0 aliphatic carbocycles. The molecule has 0 amide bonds. The van der Waals surface area contributed by atoms with Gasteiger partial charge in [0, 0.05) is 19.1 Å². The van der Waals surface area contributed by atoms with Crippen molar-refractivity contribution in [1.82, 2.24) is 0 Å². The van der Waals surface area contributed by atoms with Crippen molar-refractivity contribution in [1.29, 1.82) is 0 Å². The van der Waals surface area contributed by atoms with Gasteiger partial charge in [0.2, 0.25) is 5.79 Å². The Morgan fingerprint density at radius 2 is 1.13 bits per heavy atom. The van der Waals surface area contributed by atoms with Crippen LogP contribution in [-0.2, 0) is 66.5 Å². The van der Waals surface area contributed by atoms with E-state index in [0.29, 0.717) is 5.56 Å². The van der Waals surface area contributed by atoms with Gasteiger partial charge in [0.25, 0.3) is 0 Å². The molecule has 13 N–H and O–H groups in total. The van der Waals surface area contributed by atoms with Gasteiger partial charge in [0.15, 0.2) is 42.6 Å². The minimum Gasteiger partial charge on any atom is -0.508 e. The quantitative estimate of drug-likeness (QED) is 0.0224. The van der Waals surface area contributed by atoms with Crippen molar-refractivity contribution in [2.45, 2.75) is 123 Å². The molecule has 7 rings (SSSR count). The van der Waals surface area contributed by atoms with Crippen LogP contribution in [0.3, 0.4) is 0 Å². The molecule has 0 aromatic heterocycles. The number of rotatable bonds is 20. The number of ether oxygens (including phenoxy) is 11. The Labute approximate surface area is 447 Å². The van der Waals surface area contributed by atoms with Crippen LogP contribution in [0.2, 0.25) is 0 Å². The number of hydrogen-bond acceptors (Lipinski definition) is 28. The van der Waals surface area contributed by atoms with E-state index in [1.165, 1.54) is 60.7 Å². The number of benzene rings is 3. The molecule has 432 valence electrons. The van der Waals surface area contributed by atoms with Crippen molar-refractivity contribution < 1.29 is 138 Å². The highest BCUT2D eigenvalue weighted by Gasteiger charge is 2.64. The van der Waals surface area contributed by atoms with Crippen LogP contribution in [0, 0.1) is 0 Å². The van der Waals surface area contributed by atoms with Crippen LogP contribution in [0.15, 0.2) is 84.9 Å². The first-order valence-corrected chi connectivity index (χ1v) is 24.3. The van der Waals surface area contributed by atoms with Crippen molar-refractivity contribution in [3.63, 3.8) is 0 Å². The topological polar surface area (TPSA) is 433 Å². The molecule has 79 heavy (non-hydrogen) atoms. The van der Waals surface area contributed by atoms with E-state index in [0.717, 1.165) is 37.3 Å². The number of aliphatic hydroxyl groups is 10. The lowest BCUT2D eigenvalue weighted by molar-refractivity contribution is -0.421. The van der Waals surface area contributed by atoms with Gasteiger partial charge < -0.3 is 118 Å². The zero-order valence-electron chi connectivity index (χ0n) is 41.6. The van der Waals surface area contributed by atoms with Crippen LogP contribution in [0.1, 0.15) is 28.4 Å². The minimum absolute atomic E-state index is 0.110. The molecule has 0 radical (unpaired) electrons. The Morgan fingerprint density at radius 1 is 0.557 bits per heavy atom. The van der Waals surface area contributed by atoms with E-state index < -0.39 is 185 Å². The molecule has 28 heteroatoms. The smallest absolute Gasteiger partial charge is 0.338 e. The Hall–Kier alpha value is -6.26. The molecule has 19 atom stereocenters. The maximum absolute atomic E-state index is 13.9. The van der Waals surface area contributed by atoms with Crippen LogP contribution in [-0.4, -0.2) is 240 Å². The second-order valence-corrected chi connectivity index (χ2v) is 18.4. The number of carbonyl (C=O) groups is 4. The second-order valence-electron chi connectivity index (χ2n) is 18.4. The van der Waals surface area contributed by atoms with Gasteiger partial charge in [-0.2, -0.15) is 0 Å². The molecule has 3 aromatic rings. The van der Waals surface area contributed by atoms with Crippen molar-refractivity contribution in [2.75, 3.05) is 33.0 Å². The first kappa shape index (κ1) is 60.4. The molecule has 4 aliphatic rings. The van der Waals surface area contributed by atoms with Gasteiger partial charge in [0.1, 0.15) is 98.3 Å². The molecular formula is C51H60O28. The third-order valence-electron chi connectivity index (χ3n) is 12.9. The third-order valence-corrected chi connectivity index (χ3v) is 12.9. The van der Waals surface area contributed by atoms with E-state index in [9.17, 15) is 85.6 Å². The van der Waals surface area contributed by atoms with Gasteiger partial charge in [-0.25, -0.2) is 14.4 Å². The molecule has 0 unspecified atom stereocenters. The average Bonchev–Trinajstić information content (AvgIpc) is 3.70. The molecule has 0 saturated carbocycles. The number of carbonyl (C=O) groups excluding carboxylic acids is 4. The van der Waals surface area contributed by atoms with E-state index in [4.69, 9.17) is 52.1 Å². The second kappa shape index (κ2) is 26.8. The van der Waals surface area contributed by atoms with Crippen LogP contribution in [0.5, 0.6) is 17.2 Å². The molecular weight excluding hydrogens is 1060 g/mol. The number of aliphatic hydroxyl groups excluding tert-OH is 10. The van der Waals surface area contributed by atoms with Crippen molar-refractivity contribution >= 4 is 36.0 Å². The fraction of sp³-hybridized carbons (Fsp3) is 0.490. The minimum atomic E-state index is -2.92. The number of hydrogen-bond donors (Lipinski definition) is 13. The van der Waals surface area contributed by atoms with E-state index in [-0.39, 0.29) is 16.9 Å². The molecule has 4 saturated heterocycles. The molecule has 4 fully saturated rings. The Balaban J connectivity index is 1.36. The van der Waals surface area contributed by atoms with Gasteiger partial charge in [0.05, 0.1) is 25.4 Å². The van der Waals surface area contributed by atoms with Crippen LogP contribution in [0.4, 0.5) is 0 Å². The molecule has 3 aromatic carbocycles. The van der Waals surface area contributed by atoms with E-state index in [1.807, 2.05) is 0 Å². The summed E-state index contributed by atoms with van der Waals surface area (Å²) >= 11 is 0. The third kappa shape index (κ3) is 14.4. The fourth-order valence-corrected chi connectivity index (χ4v) is 8.72. The highest BCUT2D eigenvalue weighted by atomic mass is 16.8. The Kier molecular flexibility index (Phi) is 20.5. The van der Waals surface area contributed by atoms with E-state index in [1.54, 1.807) is 6.07 Å². The lowest BCUT2D eigenvalue weighted by Crippen LogP contribution is -2.69. The SMILES string of the molecule is CC(=O)OC[C@H]1O[C@@H](O[C@@H]2[C@@H](O[C@@H]3O[C@H](CO)[C@@H](O)[C@H](O)[C@H]3O)[C@@H](O[C@]3(COC(=O)/C=C/c4ccc(O)c(O)c4)O[C@H](CO)[C@@H](O)[C@@H]3OC(=O)c3ccccc3)O[C@H](CO)[C@H]2OC(=O)/C=C/c2ccc(O)cc2)[C@H](O)[C@@H](O)[C@@H]1O. The molecule has 0 bridgehead atoms. The Morgan fingerprint density at radius 3 is 1.75 bits per heavy atom. The number of esters is 4. The number of phenolic OH excluding ortho intramolecular Hbond substituents is 3. The number of aromatic hydroxyl groups is 3. The highest BCUT2D eigenvalue weighted by molar-refractivity contribution is 5.90. The van der Waals surface area contributed by atoms with Gasteiger partial charge in [-0.05, 0) is 59.7 Å². The standard InChI is InChI=1S/C51H60O28/c1-23(55)69-21-33-37(62)40(65)42(67)49(73-33)75-44-43(74-35(60)16-10-24-7-12-27(56)13-8-24)32(20-54)72-50(45(44)76-48-41(66)39(64)36(61)30(18-52)71-48)79-51(22-70-34(59)15-11-25-9-14-28(57)29(58)17-25)46(38(63)31(19-53)78-51)77-47(68)26-5-3-2-4-6-26/h2-17,30-33,36-46,48-50,52-54,56-58,61-67H,18-22H2,1H3/b15-11+,16-10+/t30-,31-,32-,33-,36-,37-,38-,39+,40+,41-,42-,43-,44+,45-,46+,48+,49+,50-,51+/m1/s1. The van der Waals surface area contributed by atoms with E-state index in [2.05, 4.69) is 0 Å². The summed E-state index contributed by atoms with van der Waals surface area (Å²) in [5.74, 6) is -8.53. The molecule has 4 heterocycles. The van der Waals surface area contributed by atoms with Crippen LogP contribution < -0.4 is 0 Å². The van der Waals surface area contributed by atoms with Gasteiger partial charge in [-0.15, -0.1) is 0 Å². The Bertz CT molecular complexity index is 2580. The lowest BCUT2D eigenvalue weighted by Gasteiger charge is -2.50. The largest absolute Gasteiger partial charge is 0.508 e. The number of phenols is 3. The van der Waals surface area contributed by atoms with Gasteiger partial charge >= 0.3 is 23.9 Å². The maximum Gasteiger partial charge on any atom is 0.338 e. The summed E-state index contributed by atoms with van der Waals surface area (Å²) < 4.78 is 65.0. The van der Waals surface area contributed by atoms with Crippen LogP contribution in [0.25, 0.3) is 12.2 Å². The normalized spacial score (nSPS) is 34.8. The highest BCUT2D eigenvalue weighted by Crippen LogP contribution is 2.42. The summed E-state index contributed by atoms with van der Waals surface area (Å²) in [6.45, 7) is -4.23. The summed E-state index contributed by atoms with van der Waals surface area (Å²) in [6.07, 6.45) is -33.5. The maximum atomic E-state index is 13.9. The average molecular weight is 1120 g/mol. The van der Waals surface area contributed by atoms with Crippen molar-refractivity contribution in [3.05, 3.63) is 102 Å². The van der Waals surface area contributed by atoms with E-state index >= 15 is 0 Å². The fourth-order valence-electron chi connectivity index (χ4n) is 8.72. The zero-order valence-corrected chi connectivity index (χ0v) is 41.6. The van der Waals surface area contributed by atoms with Crippen molar-refractivity contribution in [3.8, 4) is 17.2 Å². The van der Waals surface area contributed by atoms with Crippen LogP contribution >= 0.6 is 0 Å². The summed E-state index contributed by atoms with van der Waals surface area (Å²) in [7, 11) is 0. The van der Waals surface area contributed by atoms with Gasteiger partial charge in [-0.3, -0.25) is 4.79 Å². The predicted molar refractivity (Wildman–Crippen MR) is 257 cm³/mol. The summed E-state index contributed by atoms with van der Waals surface area (Å²) in [4.78, 5) is 53.1. The molecule has 28 nitrogen and oxygen atoms in total.